The summed E-state index contributed by atoms with van der Waals surface area (Å²) in [5, 5.41) is 0.333. The summed E-state index contributed by atoms with van der Waals surface area (Å²) in [6.07, 6.45) is -1.09. The van der Waals surface area contributed by atoms with Crippen LogP contribution in [-0.2, 0) is 6.18 Å². The zero-order chi connectivity index (χ0) is 16.6. The van der Waals surface area contributed by atoms with Crippen molar-refractivity contribution in [3.8, 4) is 11.5 Å². The number of thioether (sulfide) groups is 1. The maximum absolute atomic E-state index is 12.8. The molecule has 1 aromatic carbocycles. The largest absolute Gasteiger partial charge is 0.436 e. The molecule has 7 heteroatoms. The van der Waals surface area contributed by atoms with E-state index in [1.54, 1.807) is 30.2 Å². The van der Waals surface area contributed by atoms with Crippen LogP contribution < -0.4 is 0 Å². The lowest BCUT2D eigenvalue weighted by molar-refractivity contribution is -0.137. The van der Waals surface area contributed by atoms with E-state index in [0.29, 0.717) is 16.7 Å². The summed E-state index contributed by atoms with van der Waals surface area (Å²) >= 11 is 1.59. The summed E-state index contributed by atoms with van der Waals surface area (Å²) in [4.78, 5) is 9.18. The minimum absolute atomic E-state index is 0.187. The fraction of sp³-hybridized carbons (Fsp3) is 0.250. The Hall–Kier alpha value is -2.02. The monoisotopic (exact) mass is 338 g/mol. The van der Waals surface area contributed by atoms with Gasteiger partial charge < -0.3 is 4.42 Å². The molecule has 0 aliphatic rings. The van der Waals surface area contributed by atoms with Gasteiger partial charge in [0.1, 0.15) is 5.52 Å². The second kappa shape index (κ2) is 5.88. The van der Waals surface area contributed by atoms with Crippen molar-refractivity contribution in [3.63, 3.8) is 0 Å². The van der Waals surface area contributed by atoms with E-state index in [-0.39, 0.29) is 5.52 Å². The fourth-order valence-electron chi connectivity index (χ4n) is 2.12. The van der Waals surface area contributed by atoms with Crippen molar-refractivity contribution in [3.05, 3.63) is 42.2 Å². The van der Waals surface area contributed by atoms with E-state index in [1.165, 1.54) is 6.07 Å². The van der Waals surface area contributed by atoms with Crippen LogP contribution in [0.15, 0.2) is 46.0 Å². The van der Waals surface area contributed by atoms with Gasteiger partial charge in [-0.15, -0.1) is 11.8 Å². The molecule has 0 aliphatic carbocycles. The van der Waals surface area contributed by atoms with E-state index < -0.39 is 11.7 Å². The van der Waals surface area contributed by atoms with Gasteiger partial charge in [-0.05, 0) is 24.3 Å². The molecule has 0 bridgehead atoms. The first-order valence-corrected chi connectivity index (χ1v) is 7.81. The maximum Gasteiger partial charge on any atom is 0.416 e. The first-order chi connectivity index (χ1) is 10.8. The SMILES string of the molecule is CC(C)Sc1cnccc1-c1nc2cc(C(F)(F)F)ccc2o1. The van der Waals surface area contributed by atoms with Crippen LogP contribution >= 0.6 is 11.8 Å². The molecule has 23 heavy (non-hydrogen) atoms. The second-order valence-electron chi connectivity index (χ2n) is 5.24. The van der Waals surface area contributed by atoms with Crippen molar-refractivity contribution >= 4 is 22.9 Å². The molecule has 0 amide bonds. The Labute approximate surface area is 134 Å². The predicted molar refractivity (Wildman–Crippen MR) is 83.2 cm³/mol. The number of aromatic nitrogens is 2. The van der Waals surface area contributed by atoms with E-state index in [9.17, 15) is 13.2 Å². The standard InChI is InChI=1S/C16H13F3N2OS/c1-9(2)23-14-8-20-6-5-11(14)15-21-12-7-10(16(17,18)19)3-4-13(12)22-15/h3-9H,1-2H3. The van der Waals surface area contributed by atoms with Gasteiger partial charge in [0.15, 0.2) is 5.58 Å². The summed E-state index contributed by atoms with van der Waals surface area (Å²) in [6, 6.07) is 5.04. The van der Waals surface area contributed by atoms with Crippen LogP contribution in [0.3, 0.4) is 0 Å². The minimum atomic E-state index is -4.40. The average molecular weight is 338 g/mol. The Bertz CT molecular complexity index is 843. The number of fused-ring (bicyclic) bond motifs is 1. The number of hydrogen-bond acceptors (Lipinski definition) is 4. The highest BCUT2D eigenvalue weighted by Crippen LogP contribution is 2.36. The van der Waals surface area contributed by atoms with E-state index in [0.717, 1.165) is 22.6 Å². The van der Waals surface area contributed by atoms with Crippen molar-refractivity contribution in [2.45, 2.75) is 30.2 Å². The van der Waals surface area contributed by atoms with E-state index in [1.807, 2.05) is 13.8 Å². The van der Waals surface area contributed by atoms with E-state index >= 15 is 0 Å². The van der Waals surface area contributed by atoms with Crippen molar-refractivity contribution < 1.29 is 17.6 Å². The second-order valence-corrected chi connectivity index (χ2v) is 6.86. The lowest BCUT2D eigenvalue weighted by atomic mass is 10.2. The number of benzene rings is 1. The third-order valence-corrected chi connectivity index (χ3v) is 4.14. The Kier molecular flexibility index (Phi) is 4.06. The highest BCUT2D eigenvalue weighted by atomic mass is 32.2. The molecule has 2 heterocycles. The maximum atomic E-state index is 12.8. The van der Waals surface area contributed by atoms with Crippen LogP contribution in [0, 0.1) is 0 Å². The van der Waals surface area contributed by atoms with E-state index in [4.69, 9.17) is 4.42 Å². The van der Waals surface area contributed by atoms with Gasteiger partial charge in [0.2, 0.25) is 5.89 Å². The number of halogens is 3. The van der Waals surface area contributed by atoms with Gasteiger partial charge in [0, 0.05) is 22.5 Å². The normalized spacial score (nSPS) is 12.3. The van der Waals surface area contributed by atoms with E-state index in [2.05, 4.69) is 9.97 Å². The van der Waals surface area contributed by atoms with Gasteiger partial charge in [-0.3, -0.25) is 4.98 Å². The van der Waals surface area contributed by atoms with Crippen molar-refractivity contribution in [1.29, 1.82) is 0 Å². The predicted octanol–water partition coefficient (Wildman–Crippen LogP) is 5.41. The molecule has 3 rings (SSSR count). The first-order valence-electron chi connectivity index (χ1n) is 6.93. The van der Waals surface area contributed by atoms with Crippen LogP contribution in [0.25, 0.3) is 22.6 Å². The van der Waals surface area contributed by atoms with Crippen LogP contribution in [0.1, 0.15) is 19.4 Å². The first kappa shape index (κ1) is 15.9. The van der Waals surface area contributed by atoms with Gasteiger partial charge in [0.05, 0.1) is 11.1 Å². The molecule has 120 valence electrons. The number of alkyl halides is 3. The fourth-order valence-corrected chi connectivity index (χ4v) is 3.04. The molecule has 0 spiro atoms. The molecule has 0 atom stereocenters. The van der Waals surface area contributed by atoms with Crippen LogP contribution in [0.2, 0.25) is 0 Å². The van der Waals surface area contributed by atoms with Gasteiger partial charge in [-0.25, -0.2) is 4.98 Å². The average Bonchev–Trinajstić information content (AvgIpc) is 2.89. The number of rotatable bonds is 3. The molecular weight excluding hydrogens is 325 g/mol. The van der Waals surface area contributed by atoms with Crippen molar-refractivity contribution in [2.24, 2.45) is 0 Å². The van der Waals surface area contributed by atoms with Gasteiger partial charge in [-0.1, -0.05) is 13.8 Å². The highest BCUT2D eigenvalue weighted by Gasteiger charge is 2.31. The molecule has 0 saturated heterocycles. The molecule has 0 N–H and O–H groups in total. The zero-order valence-electron chi connectivity index (χ0n) is 12.4. The number of oxazole rings is 1. The molecule has 3 nitrogen and oxygen atoms in total. The summed E-state index contributed by atoms with van der Waals surface area (Å²) in [5.41, 5.74) is 0.497. The third kappa shape index (κ3) is 3.34. The minimum Gasteiger partial charge on any atom is -0.436 e. The lowest BCUT2D eigenvalue weighted by Gasteiger charge is -2.07. The molecule has 3 aromatic rings. The molecule has 0 radical (unpaired) electrons. The Balaban J connectivity index is 2.08. The number of nitrogens with zero attached hydrogens (tertiary/aromatic N) is 2. The summed E-state index contributed by atoms with van der Waals surface area (Å²) < 4.78 is 44.0. The Morgan fingerprint density at radius 1 is 1.17 bits per heavy atom. The van der Waals surface area contributed by atoms with Crippen LogP contribution in [-0.4, -0.2) is 15.2 Å². The third-order valence-electron chi connectivity index (χ3n) is 3.09. The molecular formula is C16H13F3N2OS. The van der Waals surface area contributed by atoms with Crippen molar-refractivity contribution in [1.82, 2.24) is 9.97 Å². The van der Waals surface area contributed by atoms with Crippen LogP contribution in [0.5, 0.6) is 0 Å². The van der Waals surface area contributed by atoms with Gasteiger partial charge in [-0.2, -0.15) is 13.2 Å². The smallest absolute Gasteiger partial charge is 0.416 e. The lowest BCUT2D eigenvalue weighted by Crippen LogP contribution is -2.03. The Morgan fingerprint density at radius 2 is 1.96 bits per heavy atom. The molecule has 2 aromatic heterocycles. The molecule has 0 saturated carbocycles. The van der Waals surface area contributed by atoms with Crippen molar-refractivity contribution in [2.75, 3.05) is 0 Å². The van der Waals surface area contributed by atoms with Gasteiger partial charge in [0.25, 0.3) is 0 Å². The summed E-state index contributed by atoms with van der Waals surface area (Å²) in [6.45, 7) is 4.09. The summed E-state index contributed by atoms with van der Waals surface area (Å²) in [7, 11) is 0. The zero-order valence-corrected chi connectivity index (χ0v) is 13.2. The number of hydrogen-bond donors (Lipinski definition) is 0. The quantitative estimate of drug-likeness (QED) is 0.599. The summed E-state index contributed by atoms with van der Waals surface area (Å²) in [5.74, 6) is 0.296. The Morgan fingerprint density at radius 3 is 2.65 bits per heavy atom. The topological polar surface area (TPSA) is 38.9 Å². The molecule has 0 aliphatic heterocycles. The number of pyridine rings is 1. The molecule has 0 unspecified atom stereocenters. The highest BCUT2D eigenvalue weighted by molar-refractivity contribution is 8.00. The van der Waals surface area contributed by atoms with Crippen LogP contribution in [0.4, 0.5) is 13.2 Å². The van der Waals surface area contributed by atoms with Gasteiger partial charge >= 0.3 is 6.18 Å². The molecule has 0 fully saturated rings.